The molecule has 0 aromatic heterocycles. The summed E-state index contributed by atoms with van der Waals surface area (Å²) in [6.45, 7) is 4.81. The summed E-state index contributed by atoms with van der Waals surface area (Å²) >= 11 is 0. The van der Waals surface area contributed by atoms with E-state index in [-0.39, 0.29) is 14.9 Å². The van der Waals surface area contributed by atoms with Crippen LogP contribution in [0.2, 0.25) is 6.04 Å². The van der Waals surface area contributed by atoms with Crippen LogP contribution in [0.3, 0.4) is 0 Å². The number of rotatable bonds is 6. The summed E-state index contributed by atoms with van der Waals surface area (Å²) in [6.07, 6.45) is 5.04. The van der Waals surface area contributed by atoms with E-state index in [4.69, 9.17) is 10.5 Å². The summed E-state index contributed by atoms with van der Waals surface area (Å²) in [7, 11) is -0.151. The molecule has 4 heteroatoms. The van der Waals surface area contributed by atoms with Crippen molar-refractivity contribution in [1.82, 2.24) is 5.32 Å². The maximum Gasteiger partial charge on any atom is 0.0981 e. The fourth-order valence-corrected chi connectivity index (χ4v) is 4.11. The van der Waals surface area contributed by atoms with Crippen LogP contribution in [0.25, 0.3) is 0 Å². The van der Waals surface area contributed by atoms with Gasteiger partial charge in [0.15, 0.2) is 0 Å². The average Bonchev–Trinajstić information content (AvgIpc) is 2.25. The van der Waals surface area contributed by atoms with Crippen molar-refractivity contribution >= 4 is 9.52 Å². The van der Waals surface area contributed by atoms with Crippen molar-refractivity contribution in [3.8, 4) is 0 Å². The molecule has 1 unspecified atom stereocenters. The molecule has 1 aliphatic heterocycles. The standard InChI is InChI=1S/C10H24N2OSi/c1-2-9-14-10(12-7-6-11)5-3-4-8-13-10/h12H,2-9,11,14H2,1H3. The van der Waals surface area contributed by atoms with Gasteiger partial charge in [0.1, 0.15) is 0 Å². The van der Waals surface area contributed by atoms with E-state index in [0.29, 0.717) is 6.54 Å². The van der Waals surface area contributed by atoms with Crippen LogP contribution in [-0.4, -0.2) is 34.6 Å². The lowest BCUT2D eigenvalue weighted by atomic mass is 10.2. The Morgan fingerprint density at radius 2 is 2.36 bits per heavy atom. The van der Waals surface area contributed by atoms with Gasteiger partial charge in [0.25, 0.3) is 0 Å². The summed E-state index contributed by atoms with van der Waals surface area (Å²) in [5.74, 6) is 0. The number of hydrogen-bond acceptors (Lipinski definition) is 3. The molecule has 1 heterocycles. The van der Waals surface area contributed by atoms with Gasteiger partial charge in [0.2, 0.25) is 0 Å². The molecular formula is C10H24N2OSi. The quantitative estimate of drug-likeness (QED) is 0.631. The molecule has 0 aromatic carbocycles. The zero-order chi connectivity index (χ0) is 10.3. The molecule has 0 aromatic rings. The Labute approximate surface area is 89.6 Å². The van der Waals surface area contributed by atoms with E-state index >= 15 is 0 Å². The minimum Gasteiger partial charge on any atom is -0.365 e. The van der Waals surface area contributed by atoms with E-state index in [2.05, 4.69) is 12.2 Å². The normalized spacial score (nSPS) is 28.7. The number of nitrogens with two attached hydrogens (primary N) is 1. The van der Waals surface area contributed by atoms with Gasteiger partial charge in [0, 0.05) is 19.7 Å². The highest BCUT2D eigenvalue weighted by Crippen LogP contribution is 2.22. The van der Waals surface area contributed by atoms with Gasteiger partial charge < -0.3 is 10.5 Å². The van der Waals surface area contributed by atoms with Gasteiger partial charge in [-0.05, 0) is 19.3 Å². The summed E-state index contributed by atoms with van der Waals surface area (Å²) in [5.41, 5.74) is 5.53. The second-order valence-corrected chi connectivity index (χ2v) is 6.47. The zero-order valence-corrected chi connectivity index (χ0v) is 10.8. The average molecular weight is 216 g/mol. The molecule has 84 valence electrons. The highest BCUT2D eigenvalue weighted by atomic mass is 28.2. The van der Waals surface area contributed by atoms with Crippen LogP contribution in [-0.2, 0) is 4.74 Å². The lowest BCUT2D eigenvalue weighted by Gasteiger charge is -2.38. The smallest absolute Gasteiger partial charge is 0.0981 e. The monoisotopic (exact) mass is 216 g/mol. The Bertz CT molecular complexity index is 139. The SMILES string of the molecule is CCC[SiH2]C1(NCCN)CCCCO1. The maximum atomic E-state index is 5.96. The number of hydrogen-bond donors (Lipinski definition) is 2. The van der Waals surface area contributed by atoms with Crippen LogP contribution < -0.4 is 11.1 Å². The molecule has 3 nitrogen and oxygen atoms in total. The predicted molar refractivity (Wildman–Crippen MR) is 63.2 cm³/mol. The lowest BCUT2D eigenvalue weighted by Crippen LogP contribution is -2.55. The van der Waals surface area contributed by atoms with Gasteiger partial charge in [-0.25, -0.2) is 0 Å². The van der Waals surface area contributed by atoms with E-state index in [1.807, 2.05) is 0 Å². The Hall–Kier alpha value is 0.0969. The first kappa shape index (κ1) is 12.2. The Morgan fingerprint density at radius 1 is 1.50 bits per heavy atom. The van der Waals surface area contributed by atoms with Crippen molar-refractivity contribution in [2.75, 3.05) is 19.7 Å². The third kappa shape index (κ3) is 3.69. The first-order chi connectivity index (χ1) is 6.83. The molecule has 1 rings (SSSR count). The van der Waals surface area contributed by atoms with Gasteiger partial charge in [0.05, 0.1) is 14.9 Å². The molecule has 1 atom stereocenters. The van der Waals surface area contributed by atoms with Crippen molar-refractivity contribution in [1.29, 1.82) is 0 Å². The largest absolute Gasteiger partial charge is 0.365 e. The molecule has 1 saturated heterocycles. The summed E-state index contributed by atoms with van der Waals surface area (Å²) in [5, 5.41) is 3.62. The van der Waals surface area contributed by atoms with E-state index in [9.17, 15) is 0 Å². The first-order valence-electron chi connectivity index (χ1n) is 5.92. The Kier molecular flexibility index (Phi) is 5.70. The Balaban J connectivity index is 2.39. The van der Waals surface area contributed by atoms with Crippen LogP contribution >= 0.6 is 0 Å². The molecule has 3 N–H and O–H groups in total. The van der Waals surface area contributed by atoms with Crippen molar-refractivity contribution in [3.05, 3.63) is 0 Å². The topological polar surface area (TPSA) is 47.3 Å². The zero-order valence-electron chi connectivity index (χ0n) is 9.35. The van der Waals surface area contributed by atoms with Gasteiger partial charge >= 0.3 is 0 Å². The van der Waals surface area contributed by atoms with Gasteiger partial charge in [-0.2, -0.15) is 0 Å². The third-order valence-corrected chi connectivity index (χ3v) is 5.55. The van der Waals surface area contributed by atoms with E-state index in [1.54, 1.807) is 0 Å². The maximum absolute atomic E-state index is 5.96. The van der Waals surface area contributed by atoms with Crippen LogP contribution in [0.1, 0.15) is 32.6 Å². The molecule has 0 radical (unpaired) electrons. The summed E-state index contributed by atoms with van der Waals surface area (Å²) in [4.78, 5) is 0. The minimum atomic E-state index is -0.151. The van der Waals surface area contributed by atoms with Crippen LogP contribution in [0.5, 0.6) is 0 Å². The molecule has 0 amide bonds. The van der Waals surface area contributed by atoms with Crippen LogP contribution in [0.15, 0.2) is 0 Å². The molecule has 0 bridgehead atoms. The van der Waals surface area contributed by atoms with Gasteiger partial charge in [-0.1, -0.05) is 19.4 Å². The van der Waals surface area contributed by atoms with Crippen molar-refractivity contribution in [3.63, 3.8) is 0 Å². The highest BCUT2D eigenvalue weighted by molar-refractivity contribution is 6.39. The minimum absolute atomic E-state index is 0.0909. The van der Waals surface area contributed by atoms with Crippen molar-refractivity contribution in [2.24, 2.45) is 5.73 Å². The van der Waals surface area contributed by atoms with Gasteiger partial charge in [-0.3, -0.25) is 5.32 Å². The van der Waals surface area contributed by atoms with Crippen molar-refractivity contribution < 1.29 is 4.74 Å². The van der Waals surface area contributed by atoms with Gasteiger partial charge in [-0.15, -0.1) is 0 Å². The molecular weight excluding hydrogens is 192 g/mol. The fraction of sp³-hybridized carbons (Fsp3) is 1.00. The molecule has 0 spiro atoms. The van der Waals surface area contributed by atoms with E-state index < -0.39 is 0 Å². The highest BCUT2D eigenvalue weighted by Gasteiger charge is 2.31. The second kappa shape index (κ2) is 6.56. The summed E-state index contributed by atoms with van der Waals surface area (Å²) < 4.78 is 5.96. The molecule has 14 heavy (non-hydrogen) atoms. The number of nitrogens with one attached hydrogen (secondary N) is 1. The van der Waals surface area contributed by atoms with E-state index in [1.165, 1.54) is 31.7 Å². The first-order valence-corrected chi connectivity index (χ1v) is 7.63. The van der Waals surface area contributed by atoms with Crippen LogP contribution in [0, 0.1) is 0 Å². The molecule has 1 fully saturated rings. The lowest BCUT2D eigenvalue weighted by molar-refractivity contribution is -0.0421. The van der Waals surface area contributed by atoms with Crippen molar-refractivity contribution in [2.45, 2.75) is 44.0 Å². The molecule has 1 aliphatic rings. The fourth-order valence-electron chi connectivity index (χ4n) is 2.04. The summed E-state index contributed by atoms with van der Waals surface area (Å²) in [6, 6.07) is 1.37. The molecule has 0 saturated carbocycles. The number of ether oxygens (including phenoxy) is 1. The predicted octanol–water partition coefficient (Wildman–Crippen LogP) is 0.386. The Morgan fingerprint density at radius 3 is 2.93 bits per heavy atom. The third-order valence-electron chi connectivity index (χ3n) is 2.88. The second-order valence-electron chi connectivity index (χ2n) is 4.12. The molecule has 0 aliphatic carbocycles. The van der Waals surface area contributed by atoms with Crippen LogP contribution in [0.4, 0.5) is 0 Å². The van der Waals surface area contributed by atoms with E-state index in [0.717, 1.165) is 13.2 Å².